The average Bonchev–Trinajstić information content (AvgIpc) is 3.01. The topological polar surface area (TPSA) is 76.7 Å². The van der Waals surface area contributed by atoms with E-state index in [1.54, 1.807) is 13.8 Å². The van der Waals surface area contributed by atoms with Crippen molar-refractivity contribution in [2.75, 3.05) is 7.11 Å². The molecule has 1 aliphatic heterocycles. The second-order valence-corrected chi connectivity index (χ2v) is 7.50. The average molecular weight is 346 g/mol. The van der Waals surface area contributed by atoms with Crippen molar-refractivity contribution < 1.29 is 19.1 Å². The van der Waals surface area contributed by atoms with Gasteiger partial charge in [-0.2, -0.15) is 0 Å². The molecule has 1 fully saturated rings. The predicted molar refractivity (Wildman–Crippen MR) is 93.4 cm³/mol. The number of alkyl carbamates (subject to hydrolysis) is 1. The first-order valence-electron chi connectivity index (χ1n) is 8.80. The summed E-state index contributed by atoms with van der Waals surface area (Å²) in [5, 5.41) is 5.68. The first-order chi connectivity index (χ1) is 11.9. The quantitative estimate of drug-likeness (QED) is 0.882. The Morgan fingerprint density at radius 2 is 1.92 bits per heavy atom. The molecule has 25 heavy (non-hydrogen) atoms. The largest absolute Gasteiger partial charge is 0.487 e. The normalized spacial score (nSPS) is 21.2. The number of hydrogen-bond donors (Lipinski definition) is 2. The van der Waals surface area contributed by atoms with Gasteiger partial charge in [-0.05, 0) is 45.6 Å². The van der Waals surface area contributed by atoms with E-state index < -0.39 is 11.6 Å². The van der Waals surface area contributed by atoms with E-state index in [1.165, 1.54) is 7.11 Å². The maximum absolute atomic E-state index is 12.8. The van der Waals surface area contributed by atoms with Gasteiger partial charge in [0.1, 0.15) is 16.9 Å². The Balaban J connectivity index is 1.81. The second-order valence-electron chi connectivity index (χ2n) is 7.50. The number of amides is 2. The minimum Gasteiger partial charge on any atom is -0.487 e. The van der Waals surface area contributed by atoms with Gasteiger partial charge in [-0.15, -0.1) is 0 Å². The zero-order valence-corrected chi connectivity index (χ0v) is 15.1. The van der Waals surface area contributed by atoms with Crippen LogP contribution in [0.3, 0.4) is 0 Å². The van der Waals surface area contributed by atoms with Crippen LogP contribution >= 0.6 is 0 Å². The molecular weight excluding hydrogens is 320 g/mol. The smallest absolute Gasteiger partial charge is 0.407 e. The summed E-state index contributed by atoms with van der Waals surface area (Å²) in [4.78, 5) is 24.3. The SMILES string of the molecule is COC(=O)NC(C)(C)C(=O)N[C@H]1CC2(CCCC2)Oc2ccccc21. The van der Waals surface area contributed by atoms with E-state index in [9.17, 15) is 9.59 Å². The van der Waals surface area contributed by atoms with Gasteiger partial charge in [-0.25, -0.2) is 4.79 Å². The van der Waals surface area contributed by atoms with Crippen LogP contribution in [0.25, 0.3) is 0 Å². The monoisotopic (exact) mass is 346 g/mol. The lowest BCUT2D eigenvalue weighted by Crippen LogP contribution is -2.56. The second kappa shape index (κ2) is 6.58. The lowest BCUT2D eigenvalue weighted by molar-refractivity contribution is -0.127. The number of hydrogen-bond acceptors (Lipinski definition) is 4. The molecular formula is C19H26N2O4. The third-order valence-corrected chi connectivity index (χ3v) is 5.18. The standard InChI is InChI=1S/C19H26N2O4/c1-18(2,21-17(23)24-3)16(22)20-14-12-19(10-6-7-11-19)25-15-9-5-4-8-13(14)15/h4-5,8-9,14H,6-7,10-12H2,1-3H3,(H,20,22)(H,21,23)/t14-/m0/s1. The van der Waals surface area contributed by atoms with Crippen LogP contribution in [0.5, 0.6) is 5.75 Å². The molecule has 0 aromatic heterocycles. The highest BCUT2D eigenvalue weighted by Crippen LogP contribution is 2.47. The van der Waals surface area contributed by atoms with Gasteiger partial charge in [-0.3, -0.25) is 4.79 Å². The number of nitrogens with one attached hydrogen (secondary N) is 2. The molecule has 6 nitrogen and oxygen atoms in total. The highest BCUT2D eigenvalue weighted by molar-refractivity contribution is 5.89. The summed E-state index contributed by atoms with van der Waals surface area (Å²) in [6.45, 7) is 3.33. The van der Waals surface area contributed by atoms with Crippen LogP contribution in [0.15, 0.2) is 24.3 Å². The Morgan fingerprint density at radius 1 is 1.24 bits per heavy atom. The molecule has 1 spiro atoms. The summed E-state index contributed by atoms with van der Waals surface area (Å²) < 4.78 is 10.9. The molecule has 1 heterocycles. The summed E-state index contributed by atoms with van der Waals surface area (Å²) in [5.74, 6) is 0.604. The fourth-order valence-electron chi connectivity index (χ4n) is 3.77. The van der Waals surface area contributed by atoms with E-state index in [-0.39, 0.29) is 17.6 Å². The van der Waals surface area contributed by atoms with Crippen LogP contribution in [-0.4, -0.2) is 30.3 Å². The lowest BCUT2D eigenvalue weighted by atomic mass is 9.85. The molecule has 6 heteroatoms. The van der Waals surface area contributed by atoms with Gasteiger partial charge in [0.05, 0.1) is 13.2 Å². The third-order valence-electron chi connectivity index (χ3n) is 5.18. The highest BCUT2D eigenvalue weighted by atomic mass is 16.5. The van der Waals surface area contributed by atoms with E-state index in [2.05, 4.69) is 15.4 Å². The summed E-state index contributed by atoms with van der Waals surface area (Å²) in [6, 6.07) is 7.73. The molecule has 0 radical (unpaired) electrons. The molecule has 136 valence electrons. The van der Waals surface area contributed by atoms with E-state index in [0.717, 1.165) is 43.4 Å². The first-order valence-corrected chi connectivity index (χ1v) is 8.80. The molecule has 3 rings (SSSR count). The summed E-state index contributed by atoms with van der Waals surface area (Å²) >= 11 is 0. The van der Waals surface area contributed by atoms with Crippen LogP contribution in [0, 0.1) is 0 Å². The molecule has 0 unspecified atom stereocenters. The van der Waals surface area contributed by atoms with Crippen molar-refractivity contribution in [1.82, 2.24) is 10.6 Å². The predicted octanol–water partition coefficient (Wildman–Crippen LogP) is 3.07. The van der Waals surface area contributed by atoms with E-state index in [1.807, 2.05) is 24.3 Å². The molecule has 2 aliphatic rings. The van der Waals surface area contributed by atoms with E-state index >= 15 is 0 Å². The molecule has 1 saturated carbocycles. The van der Waals surface area contributed by atoms with Crippen LogP contribution < -0.4 is 15.4 Å². The van der Waals surface area contributed by atoms with Crippen molar-refractivity contribution in [3.8, 4) is 5.75 Å². The van der Waals surface area contributed by atoms with Crippen molar-refractivity contribution in [3.05, 3.63) is 29.8 Å². The van der Waals surface area contributed by atoms with Crippen molar-refractivity contribution in [2.24, 2.45) is 0 Å². The van der Waals surface area contributed by atoms with Gasteiger partial charge in [0.25, 0.3) is 0 Å². The lowest BCUT2D eigenvalue weighted by Gasteiger charge is -2.41. The zero-order chi connectivity index (χ0) is 18.1. The van der Waals surface area contributed by atoms with Gasteiger partial charge in [-0.1, -0.05) is 18.2 Å². The van der Waals surface area contributed by atoms with Crippen molar-refractivity contribution in [3.63, 3.8) is 0 Å². The number of para-hydroxylation sites is 1. The fraction of sp³-hybridized carbons (Fsp3) is 0.579. The number of rotatable bonds is 3. The number of carbonyl (C=O) groups is 2. The Hall–Kier alpha value is -2.24. The maximum Gasteiger partial charge on any atom is 0.407 e. The molecule has 2 N–H and O–H groups in total. The van der Waals surface area contributed by atoms with Crippen LogP contribution in [0.1, 0.15) is 57.6 Å². The van der Waals surface area contributed by atoms with Crippen molar-refractivity contribution in [1.29, 1.82) is 0 Å². The molecule has 1 aromatic carbocycles. The van der Waals surface area contributed by atoms with Crippen LogP contribution in [0.2, 0.25) is 0 Å². The van der Waals surface area contributed by atoms with Crippen molar-refractivity contribution in [2.45, 2.75) is 63.1 Å². The Morgan fingerprint density at radius 3 is 2.60 bits per heavy atom. The summed E-state index contributed by atoms with van der Waals surface area (Å²) in [5.41, 5.74) is -0.266. The van der Waals surface area contributed by atoms with E-state index in [4.69, 9.17) is 4.74 Å². The minimum absolute atomic E-state index is 0.130. The minimum atomic E-state index is -1.07. The number of fused-ring (bicyclic) bond motifs is 1. The number of benzene rings is 1. The third kappa shape index (κ3) is 3.57. The zero-order valence-electron chi connectivity index (χ0n) is 15.1. The molecule has 1 aliphatic carbocycles. The highest BCUT2D eigenvalue weighted by Gasteiger charge is 2.44. The first kappa shape index (κ1) is 17.6. The summed E-state index contributed by atoms with van der Waals surface area (Å²) in [7, 11) is 1.28. The van der Waals surface area contributed by atoms with Crippen molar-refractivity contribution >= 4 is 12.0 Å². The van der Waals surface area contributed by atoms with Gasteiger partial charge < -0.3 is 20.1 Å². The van der Waals surface area contributed by atoms with Gasteiger partial charge in [0.2, 0.25) is 5.91 Å². The van der Waals surface area contributed by atoms with Crippen LogP contribution in [-0.2, 0) is 9.53 Å². The molecule has 2 amide bonds. The Kier molecular flexibility index (Phi) is 4.62. The molecule has 1 aromatic rings. The van der Waals surface area contributed by atoms with Crippen LogP contribution in [0.4, 0.5) is 4.79 Å². The van der Waals surface area contributed by atoms with Gasteiger partial charge >= 0.3 is 6.09 Å². The fourth-order valence-corrected chi connectivity index (χ4v) is 3.77. The van der Waals surface area contributed by atoms with Gasteiger partial charge in [0, 0.05) is 12.0 Å². The van der Waals surface area contributed by atoms with E-state index in [0.29, 0.717) is 0 Å². The number of methoxy groups -OCH3 is 1. The molecule has 1 atom stereocenters. The summed E-state index contributed by atoms with van der Waals surface area (Å²) in [6.07, 6.45) is 4.45. The number of carbonyl (C=O) groups excluding carboxylic acids is 2. The van der Waals surface area contributed by atoms with Gasteiger partial charge in [0.15, 0.2) is 0 Å². The number of ether oxygens (including phenoxy) is 2. The Bertz CT molecular complexity index is 665. The molecule has 0 saturated heterocycles. The maximum atomic E-state index is 12.8. The Labute approximate surface area is 148 Å². The molecule has 0 bridgehead atoms.